The molecule has 0 bridgehead atoms. The fourth-order valence-electron chi connectivity index (χ4n) is 1.59. The van der Waals surface area contributed by atoms with Gasteiger partial charge in [-0.2, -0.15) is 0 Å². The number of hydrogen-bond acceptors (Lipinski definition) is 3. The molecule has 1 heterocycles. The lowest BCUT2D eigenvalue weighted by molar-refractivity contribution is -0.121. The Kier molecular flexibility index (Phi) is 2.97. The maximum Gasteiger partial charge on any atom is 0.335 e. The van der Waals surface area contributed by atoms with E-state index < -0.39 is 5.97 Å². The average Bonchev–Trinajstić information content (AvgIpc) is 2.58. The summed E-state index contributed by atoms with van der Waals surface area (Å²) < 4.78 is 0. The summed E-state index contributed by atoms with van der Waals surface area (Å²) >= 11 is 0. The summed E-state index contributed by atoms with van der Waals surface area (Å²) in [6.45, 7) is 1.76. The molecule has 92 valence electrons. The normalized spacial score (nSPS) is 17.2. The molecule has 0 saturated carbocycles. The number of carboxylic acid groups (broad SMARTS) is 1. The molecule has 1 amide bonds. The topological polar surface area (TPSA) is 70.0 Å². The van der Waals surface area contributed by atoms with Gasteiger partial charge in [0.05, 0.1) is 5.56 Å². The number of aliphatic imine (C=N–C) groups is 1. The van der Waals surface area contributed by atoms with E-state index in [0.717, 1.165) is 5.56 Å². The highest BCUT2D eigenvalue weighted by molar-refractivity contribution is 6.13. The third kappa shape index (κ3) is 2.15. The first kappa shape index (κ1) is 12.0. The smallest absolute Gasteiger partial charge is 0.335 e. The largest absolute Gasteiger partial charge is 0.478 e. The molecule has 0 aromatic heterocycles. The van der Waals surface area contributed by atoms with Gasteiger partial charge in [-0.3, -0.25) is 9.69 Å². The zero-order chi connectivity index (χ0) is 13.3. The molecule has 5 heteroatoms. The van der Waals surface area contributed by atoms with E-state index in [1.54, 1.807) is 32.2 Å². The van der Waals surface area contributed by atoms with Gasteiger partial charge in [-0.1, -0.05) is 12.1 Å². The van der Waals surface area contributed by atoms with Gasteiger partial charge in [-0.15, -0.1) is 0 Å². The number of amides is 1. The van der Waals surface area contributed by atoms with Crippen LogP contribution < -0.4 is 0 Å². The lowest BCUT2D eigenvalue weighted by Crippen LogP contribution is -2.25. The quantitative estimate of drug-likeness (QED) is 0.803. The van der Waals surface area contributed by atoms with Crippen molar-refractivity contribution < 1.29 is 14.7 Å². The van der Waals surface area contributed by atoms with Gasteiger partial charge in [0.15, 0.2) is 0 Å². The molecular formula is C13H12N2O3. The molecule has 5 nitrogen and oxygen atoms in total. The number of nitrogens with zero attached hydrogens (tertiary/aromatic N) is 2. The van der Waals surface area contributed by atoms with Crippen LogP contribution in [0, 0.1) is 0 Å². The van der Waals surface area contributed by atoms with E-state index >= 15 is 0 Å². The predicted octanol–water partition coefficient (Wildman–Crippen LogP) is 1.62. The highest BCUT2D eigenvalue weighted by Crippen LogP contribution is 2.17. The Hall–Kier alpha value is -2.43. The van der Waals surface area contributed by atoms with Crippen molar-refractivity contribution in [2.45, 2.75) is 6.92 Å². The molecule has 1 N–H and O–H groups in total. The van der Waals surface area contributed by atoms with Crippen LogP contribution in [0.2, 0.25) is 0 Å². The summed E-state index contributed by atoms with van der Waals surface area (Å²) in [6, 6.07) is 6.28. The highest BCUT2D eigenvalue weighted by atomic mass is 16.4. The summed E-state index contributed by atoms with van der Waals surface area (Å²) in [5.74, 6) is -0.483. The van der Waals surface area contributed by atoms with Crippen LogP contribution in [-0.2, 0) is 4.79 Å². The second-order valence-electron chi connectivity index (χ2n) is 3.98. The second kappa shape index (κ2) is 4.44. The minimum absolute atomic E-state index is 0.158. The lowest BCUT2D eigenvalue weighted by atomic mass is 10.1. The molecule has 1 aliphatic heterocycles. The van der Waals surface area contributed by atoms with Crippen molar-refractivity contribution in [1.82, 2.24) is 4.90 Å². The standard InChI is InChI=1S/C13H12N2O3/c1-8-14-11(12(16)15(8)2)7-9-3-5-10(6-4-9)13(17)18/h3-7H,1-2H3,(H,17,18)/b11-7+. The Labute approximate surface area is 104 Å². The number of likely N-dealkylation sites (N-methyl/N-ethyl adjacent to an activating group) is 1. The summed E-state index contributed by atoms with van der Waals surface area (Å²) in [7, 11) is 1.66. The minimum Gasteiger partial charge on any atom is -0.478 e. The number of aromatic carboxylic acids is 1. The van der Waals surface area contributed by atoms with Gasteiger partial charge in [0.1, 0.15) is 11.5 Å². The average molecular weight is 244 g/mol. The molecule has 0 radical (unpaired) electrons. The van der Waals surface area contributed by atoms with Gasteiger partial charge in [0, 0.05) is 7.05 Å². The van der Waals surface area contributed by atoms with Crippen molar-refractivity contribution in [3.8, 4) is 0 Å². The van der Waals surface area contributed by atoms with Gasteiger partial charge < -0.3 is 5.11 Å². The van der Waals surface area contributed by atoms with Crippen LogP contribution >= 0.6 is 0 Å². The molecule has 0 unspecified atom stereocenters. The van der Waals surface area contributed by atoms with E-state index in [9.17, 15) is 9.59 Å². The van der Waals surface area contributed by atoms with Crippen molar-refractivity contribution >= 4 is 23.8 Å². The molecule has 1 aromatic carbocycles. The first-order valence-corrected chi connectivity index (χ1v) is 5.37. The summed E-state index contributed by atoms with van der Waals surface area (Å²) in [4.78, 5) is 28.1. The van der Waals surface area contributed by atoms with Gasteiger partial charge in [0.25, 0.3) is 5.91 Å². The highest BCUT2D eigenvalue weighted by Gasteiger charge is 2.23. The van der Waals surface area contributed by atoms with Crippen LogP contribution in [-0.4, -0.2) is 34.8 Å². The van der Waals surface area contributed by atoms with Crippen LogP contribution in [0.1, 0.15) is 22.8 Å². The summed E-state index contributed by atoms with van der Waals surface area (Å²) in [5.41, 5.74) is 1.32. The number of carbonyl (C=O) groups is 2. The summed E-state index contributed by atoms with van der Waals surface area (Å²) in [5, 5.41) is 8.77. The molecule has 0 atom stereocenters. The van der Waals surface area contributed by atoms with Crippen LogP contribution in [0.25, 0.3) is 6.08 Å². The van der Waals surface area contributed by atoms with E-state index in [0.29, 0.717) is 11.5 Å². The number of amidine groups is 1. The Morgan fingerprint density at radius 2 is 1.94 bits per heavy atom. The molecule has 0 fully saturated rings. The predicted molar refractivity (Wildman–Crippen MR) is 67.3 cm³/mol. The molecule has 1 aliphatic rings. The van der Waals surface area contributed by atoms with Crippen LogP contribution in [0.3, 0.4) is 0 Å². The van der Waals surface area contributed by atoms with Gasteiger partial charge in [-0.05, 0) is 30.7 Å². The number of carbonyl (C=O) groups excluding carboxylic acids is 1. The van der Waals surface area contributed by atoms with E-state index in [1.165, 1.54) is 17.0 Å². The van der Waals surface area contributed by atoms with Crippen molar-refractivity contribution in [2.24, 2.45) is 4.99 Å². The van der Waals surface area contributed by atoms with Crippen molar-refractivity contribution in [3.05, 3.63) is 41.1 Å². The Balaban J connectivity index is 2.29. The van der Waals surface area contributed by atoms with E-state index in [-0.39, 0.29) is 11.5 Å². The zero-order valence-electron chi connectivity index (χ0n) is 10.0. The van der Waals surface area contributed by atoms with Crippen LogP contribution in [0.4, 0.5) is 0 Å². The molecule has 0 saturated heterocycles. The first-order valence-electron chi connectivity index (χ1n) is 5.37. The van der Waals surface area contributed by atoms with Crippen molar-refractivity contribution in [1.29, 1.82) is 0 Å². The SMILES string of the molecule is CC1=N/C(=C/c2ccc(C(=O)O)cc2)C(=O)N1C. The molecule has 0 spiro atoms. The van der Waals surface area contributed by atoms with E-state index in [4.69, 9.17) is 5.11 Å². The minimum atomic E-state index is -0.972. The monoisotopic (exact) mass is 244 g/mol. The van der Waals surface area contributed by atoms with Crippen LogP contribution in [0.15, 0.2) is 35.0 Å². The number of benzene rings is 1. The first-order chi connectivity index (χ1) is 8.49. The molecule has 0 aliphatic carbocycles. The second-order valence-corrected chi connectivity index (χ2v) is 3.98. The maximum absolute atomic E-state index is 11.7. The molecule has 2 rings (SSSR count). The van der Waals surface area contributed by atoms with Crippen LogP contribution in [0.5, 0.6) is 0 Å². The fourth-order valence-corrected chi connectivity index (χ4v) is 1.59. The molecule has 18 heavy (non-hydrogen) atoms. The number of hydrogen-bond donors (Lipinski definition) is 1. The van der Waals surface area contributed by atoms with Gasteiger partial charge in [0.2, 0.25) is 0 Å². The van der Waals surface area contributed by atoms with Gasteiger partial charge >= 0.3 is 5.97 Å². The molecule has 1 aromatic rings. The Morgan fingerprint density at radius 3 is 2.39 bits per heavy atom. The number of carboxylic acids is 1. The fraction of sp³-hybridized carbons (Fsp3) is 0.154. The van der Waals surface area contributed by atoms with E-state index in [1.807, 2.05) is 0 Å². The lowest BCUT2D eigenvalue weighted by Gasteiger charge is -2.05. The zero-order valence-corrected chi connectivity index (χ0v) is 10.0. The molecular weight excluding hydrogens is 232 g/mol. The third-order valence-electron chi connectivity index (χ3n) is 2.75. The Morgan fingerprint density at radius 1 is 1.33 bits per heavy atom. The van der Waals surface area contributed by atoms with Gasteiger partial charge in [-0.25, -0.2) is 9.79 Å². The Bertz CT molecular complexity index is 570. The third-order valence-corrected chi connectivity index (χ3v) is 2.75. The summed E-state index contributed by atoms with van der Waals surface area (Å²) in [6.07, 6.45) is 1.64. The van der Waals surface area contributed by atoms with E-state index in [2.05, 4.69) is 4.99 Å². The number of rotatable bonds is 2. The van der Waals surface area contributed by atoms with Crippen molar-refractivity contribution in [2.75, 3.05) is 7.05 Å². The maximum atomic E-state index is 11.7. The van der Waals surface area contributed by atoms with Crippen molar-refractivity contribution in [3.63, 3.8) is 0 Å².